The maximum atomic E-state index is 12.1. The Bertz CT molecular complexity index is 577. The molecule has 0 aliphatic carbocycles. The van der Waals surface area contributed by atoms with Gasteiger partial charge in [-0.2, -0.15) is 0 Å². The zero-order chi connectivity index (χ0) is 12.5. The largest absolute Gasteiger partial charge is 0.334 e. The molecule has 6 nitrogen and oxygen atoms in total. The molecule has 2 aromatic heterocycles. The van der Waals surface area contributed by atoms with E-state index in [2.05, 4.69) is 15.2 Å². The van der Waals surface area contributed by atoms with Crippen LogP contribution in [0.5, 0.6) is 0 Å². The molecule has 0 unspecified atom stereocenters. The van der Waals surface area contributed by atoms with Gasteiger partial charge in [0.15, 0.2) is 5.82 Å². The molecule has 0 N–H and O–H groups in total. The summed E-state index contributed by atoms with van der Waals surface area (Å²) in [5, 5.41) is 8.14. The van der Waals surface area contributed by atoms with E-state index in [1.165, 1.54) is 0 Å². The van der Waals surface area contributed by atoms with Crippen molar-refractivity contribution in [3.8, 4) is 11.4 Å². The van der Waals surface area contributed by atoms with Crippen LogP contribution >= 0.6 is 0 Å². The standard InChI is InChI=1S/C12H13N5O/c1-2-16-7-8-17-10(9-3-5-13-6-4-9)14-15-11(17)12(16)18/h3-6H,2,7-8H2,1H3. The van der Waals surface area contributed by atoms with E-state index in [9.17, 15) is 4.79 Å². The molecular formula is C12H13N5O. The molecule has 1 aliphatic heterocycles. The fraction of sp³-hybridized carbons (Fsp3) is 0.333. The van der Waals surface area contributed by atoms with Gasteiger partial charge in [-0.1, -0.05) is 0 Å². The van der Waals surface area contributed by atoms with E-state index in [1.54, 1.807) is 17.3 Å². The number of hydrogen-bond donors (Lipinski definition) is 0. The van der Waals surface area contributed by atoms with Crippen molar-refractivity contribution in [2.24, 2.45) is 0 Å². The summed E-state index contributed by atoms with van der Waals surface area (Å²) in [6, 6.07) is 3.74. The number of hydrogen-bond acceptors (Lipinski definition) is 4. The monoisotopic (exact) mass is 243 g/mol. The number of rotatable bonds is 2. The molecule has 0 spiro atoms. The van der Waals surface area contributed by atoms with E-state index in [0.717, 1.165) is 17.9 Å². The van der Waals surface area contributed by atoms with Crippen LogP contribution in [0.2, 0.25) is 0 Å². The first kappa shape index (κ1) is 10.9. The van der Waals surface area contributed by atoms with Gasteiger partial charge in [0, 0.05) is 37.6 Å². The number of amides is 1. The molecule has 0 bridgehead atoms. The van der Waals surface area contributed by atoms with Crippen LogP contribution in [0.15, 0.2) is 24.5 Å². The first-order valence-corrected chi connectivity index (χ1v) is 5.94. The number of carbonyl (C=O) groups is 1. The third kappa shape index (κ3) is 1.57. The second-order valence-corrected chi connectivity index (χ2v) is 4.12. The Balaban J connectivity index is 2.05. The molecule has 3 rings (SSSR count). The highest BCUT2D eigenvalue weighted by Gasteiger charge is 2.28. The molecule has 2 aromatic rings. The number of aromatic nitrogens is 4. The molecule has 0 fully saturated rings. The molecule has 3 heterocycles. The smallest absolute Gasteiger partial charge is 0.291 e. The fourth-order valence-electron chi connectivity index (χ4n) is 2.15. The molecule has 6 heteroatoms. The zero-order valence-electron chi connectivity index (χ0n) is 10.1. The van der Waals surface area contributed by atoms with Crippen molar-refractivity contribution in [1.29, 1.82) is 0 Å². The van der Waals surface area contributed by atoms with E-state index in [1.807, 2.05) is 23.6 Å². The second-order valence-electron chi connectivity index (χ2n) is 4.12. The Morgan fingerprint density at radius 2 is 1.89 bits per heavy atom. The molecule has 0 aromatic carbocycles. The van der Waals surface area contributed by atoms with Crippen molar-refractivity contribution >= 4 is 5.91 Å². The minimum absolute atomic E-state index is 0.0449. The van der Waals surface area contributed by atoms with Crippen molar-refractivity contribution in [2.45, 2.75) is 13.5 Å². The summed E-state index contributed by atoms with van der Waals surface area (Å²) in [6.45, 7) is 4.11. The quantitative estimate of drug-likeness (QED) is 0.783. The minimum atomic E-state index is -0.0449. The Morgan fingerprint density at radius 3 is 2.61 bits per heavy atom. The number of nitrogens with zero attached hydrogens (tertiary/aromatic N) is 5. The van der Waals surface area contributed by atoms with Gasteiger partial charge >= 0.3 is 0 Å². The molecule has 1 amide bonds. The van der Waals surface area contributed by atoms with E-state index in [-0.39, 0.29) is 5.91 Å². The predicted octanol–water partition coefficient (Wildman–Crippen LogP) is 0.816. The van der Waals surface area contributed by atoms with Gasteiger partial charge < -0.3 is 9.47 Å². The molecule has 18 heavy (non-hydrogen) atoms. The van der Waals surface area contributed by atoms with Gasteiger partial charge in [0.1, 0.15) is 0 Å². The molecule has 0 radical (unpaired) electrons. The van der Waals surface area contributed by atoms with Crippen molar-refractivity contribution in [2.75, 3.05) is 13.1 Å². The van der Waals surface area contributed by atoms with Gasteiger partial charge in [0.25, 0.3) is 5.91 Å². The van der Waals surface area contributed by atoms with Crippen LogP contribution in [0.25, 0.3) is 11.4 Å². The highest BCUT2D eigenvalue weighted by molar-refractivity contribution is 5.92. The summed E-state index contributed by atoms with van der Waals surface area (Å²) < 4.78 is 1.88. The van der Waals surface area contributed by atoms with Crippen molar-refractivity contribution in [1.82, 2.24) is 24.6 Å². The van der Waals surface area contributed by atoms with Gasteiger partial charge in [-0.05, 0) is 19.1 Å². The normalized spacial score (nSPS) is 14.7. The number of fused-ring (bicyclic) bond motifs is 1. The van der Waals surface area contributed by atoms with E-state index in [4.69, 9.17) is 0 Å². The topological polar surface area (TPSA) is 63.9 Å². The van der Waals surface area contributed by atoms with Gasteiger partial charge in [-0.15, -0.1) is 10.2 Å². The van der Waals surface area contributed by atoms with E-state index >= 15 is 0 Å². The van der Waals surface area contributed by atoms with Crippen molar-refractivity contribution < 1.29 is 4.79 Å². The first-order valence-electron chi connectivity index (χ1n) is 5.94. The first-order chi connectivity index (χ1) is 8.81. The summed E-state index contributed by atoms with van der Waals surface area (Å²) in [7, 11) is 0. The number of likely N-dealkylation sites (N-methyl/N-ethyl adjacent to an activating group) is 1. The van der Waals surface area contributed by atoms with Crippen LogP contribution in [0.3, 0.4) is 0 Å². The average molecular weight is 243 g/mol. The summed E-state index contributed by atoms with van der Waals surface area (Å²) in [6.07, 6.45) is 3.42. The van der Waals surface area contributed by atoms with Gasteiger partial charge in [0.2, 0.25) is 5.82 Å². The van der Waals surface area contributed by atoms with Crippen LogP contribution in [-0.4, -0.2) is 43.6 Å². The Morgan fingerprint density at radius 1 is 1.17 bits per heavy atom. The maximum Gasteiger partial charge on any atom is 0.291 e. The molecular weight excluding hydrogens is 230 g/mol. The lowest BCUT2D eigenvalue weighted by Gasteiger charge is -2.26. The SMILES string of the molecule is CCN1CCn2c(nnc2-c2ccncc2)C1=O. The molecule has 0 saturated carbocycles. The maximum absolute atomic E-state index is 12.1. The minimum Gasteiger partial charge on any atom is -0.334 e. The predicted molar refractivity (Wildman–Crippen MR) is 64.8 cm³/mol. The third-order valence-corrected chi connectivity index (χ3v) is 3.14. The van der Waals surface area contributed by atoms with Crippen LogP contribution < -0.4 is 0 Å². The molecule has 1 aliphatic rings. The van der Waals surface area contributed by atoms with Crippen LogP contribution in [0.4, 0.5) is 0 Å². The molecule has 92 valence electrons. The van der Waals surface area contributed by atoms with Gasteiger partial charge in [-0.3, -0.25) is 9.78 Å². The lowest BCUT2D eigenvalue weighted by molar-refractivity contribution is 0.0707. The third-order valence-electron chi connectivity index (χ3n) is 3.14. The van der Waals surface area contributed by atoms with Crippen LogP contribution in [-0.2, 0) is 6.54 Å². The molecule has 0 saturated heterocycles. The van der Waals surface area contributed by atoms with E-state index in [0.29, 0.717) is 18.9 Å². The van der Waals surface area contributed by atoms with Gasteiger partial charge in [-0.25, -0.2) is 0 Å². The molecule has 0 atom stereocenters. The lowest BCUT2D eigenvalue weighted by Crippen LogP contribution is -2.40. The van der Waals surface area contributed by atoms with Crippen LogP contribution in [0, 0.1) is 0 Å². The Labute approximate surface area is 104 Å². The average Bonchev–Trinajstić information content (AvgIpc) is 2.85. The zero-order valence-corrected chi connectivity index (χ0v) is 10.1. The summed E-state index contributed by atoms with van der Waals surface area (Å²) in [5.74, 6) is 1.11. The van der Waals surface area contributed by atoms with Crippen molar-refractivity contribution in [3.05, 3.63) is 30.4 Å². The summed E-state index contributed by atoms with van der Waals surface area (Å²) in [5.41, 5.74) is 0.932. The highest BCUT2D eigenvalue weighted by atomic mass is 16.2. The van der Waals surface area contributed by atoms with Crippen LogP contribution in [0.1, 0.15) is 17.5 Å². The highest BCUT2D eigenvalue weighted by Crippen LogP contribution is 2.20. The fourth-order valence-corrected chi connectivity index (χ4v) is 2.15. The summed E-state index contributed by atoms with van der Waals surface area (Å²) >= 11 is 0. The van der Waals surface area contributed by atoms with Crippen molar-refractivity contribution in [3.63, 3.8) is 0 Å². The van der Waals surface area contributed by atoms with Gasteiger partial charge in [0.05, 0.1) is 0 Å². The Kier molecular flexibility index (Phi) is 2.55. The summed E-state index contributed by atoms with van der Waals surface area (Å²) in [4.78, 5) is 17.8. The van der Waals surface area contributed by atoms with E-state index < -0.39 is 0 Å². The Hall–Kier alpha value is -2.24. The number of carbonyl (C=O) groups excluding carboxylic acids is 1. The number of pyridine rings is 1. The lowest BCUT2D eigenvalue weighted by atomic mass is 10.2. The second kappa shape index (κ2) is 4.21.